The van der Waals surface area contributed by atoms with Gasteiger partial charge in [0.05, 0.1) is 23.2 Å². The van der Waals surface area contributed by atoms with Gasteiger partial charge in [0, 0.05) is 12.6 Å². The van der Waals surface area contributed by atoms with E-state index in [2.05, 4.69) is 15.5 Å². The lowest BCUT2D eigenvalue weighted by Gasteiger charge is -2.14. The molecule has 0 fully saturated rings. The van der Waals surface area contributed by atoms with Crippen LogP contribution in [0.2, 0.25) is 0 Å². The molecule has 9 heteroatoms. The van der Waals surface area contributed by atoms with Crippen LogP contribution in [0.15, 0.2) is 51.7 Å². The molecule has 0 aliphatic rings. The number of Topliss-reactive ketones (excluding diaryl/α,β-unsaturated/α-hetero) is 1. The molecule has 0 radical (unpaired) electrons. The fourth-order valence-electron chi connectivity index (χ4n) is 2.57. The lowest BCUT2D eigenvalue weighted by molar-refractivity contribution is -0.137. The van der Waals surface area contributed by atoms with Crippen molar-refractivity contribution in [3.8, 4) is 11.3 Å². The standard InChI is InChI=1S/C18H16N4O5/c1-10-14(12-6-2-3-7-20-12)16(27-22-10)18(25)21-13(15(23)17(19)24)9-11-5-4-8-26-11/h2-8,13H,9H2,1H3,(H2,19,24)(H,21,25). The van der Waals surface area contributed by atoms with Gasteiger partial charge in [-0.15, -0.1) is 0 Å². The summed E-state index contributed by atoms with van der Waals surface area (Å²) in [5, 5.41) is 6.27. The Hall–Kier alpha value is -3.75. The van der Waals surface area contributed by atoms with E-state index in [4.69, 9.17) is 14.7 Å². The van der Waals surface area contributed by atoms with Gasteiger partial charge in [0.2, 0.25) is 11.5 Å². The summed E-state index contributed by atoms with van der Waals surface area (Å²) in [6.07, 6.45) is 2.95. The highest BCUT2D eigenvalue weighted by Gasteiger charge is 2.30. The first-order valence-electron chi connectivity index (χ1n) is 8.02. The van der Waals surface area contributed by atoms with Gasteiger partial charge in [-0.2, -0.15) is 0 Å². The Balaban J connectivity index is 1.88. The zero-order chi connectivity index (χ0) is 19.4. The van der Waals surface area contributed by atoms with E-state index in [0.29, 0.717) is 22.7 Å². The Morgan fingerprint density at radius 1 is 1.22 bits per heavy atom. The highest BCUT2D eigenvalue weighted by atomic mass is 16.5. The quantitative estimate of drug-likeness (QED) is 0.593. The van der Waals surface area contributed by atoms with E-state index in [1.54, 1.807) is 43.5 Å². The van der Waals surface area contributed by atoms with Crippen LogP contribution in [-0.4, -0.2) is 33.8 Å². The van der Waals surface area contributed by atoms with Crippen LogP contribution < -0.4 is 11.1 Å². The minimum atomic E-state index is -1.21. The monoisotopic (exact) mass is 368 g/mol. The van der Waals surface area contributed by atoms with Crippen molar-refractivity contribution in [2.24, 2.45) is 5.73 Å². The Labute approximate surface area is 153 Å². The third kappa shape index (κ3) is 3.92. The molecule has 27 heavy (non-hydrogen) atoms. The minimum Gasteiger partial charge on any atom is -0.469 e. The molecule has 0 saturated heterocycles. The van der Waals surface area contributed by atoms with Crippen molar-refractivity contribution in [2.45, 2.75) is 19.4 Å². The molecule has 0 spiro atoms. The van der Waals surface area contributed by atoms with E-state index in [1.165, 1.54) is 6.26 Å². The summed E-state index contributed by atoms with van der Waals surface area (Å²) >= 11 is 0. The molecule has 3 N–H and O–H groups in total. The number of nitrogens with one attached hydrogen (secondary N) is 1. The fourth-order valence-corrected chi connectivity index (χ4v) is 2.57. The molecule has 3 aromatic heterocycles. The van der Waals surface area contributed by atoms with E-state index in [9.17, 15) is 14.4 Å². The molecule has 1 unspecified atom stereocenters. The summed E-state index contributed by atoms with van der Waals surface area (Å²) in [6.45, 7) is 1.67. The Morgan fingerprint density at radius 3 is 2.67 bits per heavy atom. The number of furan rings is 1. The van der Waals surface area contributed by atoms with Crippen LogP contribution in [0.4, 0.5) is 0 Å². The van der Waals surface area contributed by atoms with Gasteiger partial charge in [-0.3, -0.25) is 19.4 Å². The number of hydrogen-bond donors (Lipinski definition) is 2. The van der Waals surface area contributed by atoms with Crippen molar-refractivity contribution in [3.05, 3.63) is 60.0 Å². The van der Waals surface area contributed by atoms with Crippen molar-refractivity contribution in [2.75, 3.05) is 0 Å². The molecule has 2 amide bonds. The van der Waals surface area contributed by atoms with Crippen LogP contribution >= 0.6 is 0 Å². The predicted octanol–water partition coefficient (Wildman–Crippen LogP) is 1.03. The number of pyridine rings is 1. The van der Waals surface area contributed by atoms with Crippen LogP contribution in [0.25, 0.3) is 11.3 Å². The fraction of sp³-hybridized carbons (Fsp3) is 0.167. The Bertz CT molecular complexity index is 963. The van der Waals surface area contributed by atoms with Crippen LogP contribution in [0, 0.1) is 6.92 Å². The van der Waals surface area contributed by atoms with Gasteiger partial charge in [0.15, 0.2) is 0 Å². The number of rotatable bonds is 7. The molecule has 0 aliphatic carbocycles. The van der Waals surface area contributed by atoms with Crippen molar-refractivity contribution < 1.29 is 23.3 Å². The lowest BCUT2D eigenvalue weighted by atomic mass is 10.1. The molecule has 3 heterocycles. The van der Waals surface area contributed by atoms with Crippen LogP contribution in [-0.2, 0) is 16.0 Å². The first kappa shape index (κ1) is 18.1. The molecule has 0 aliphatic heterocycles. The highest BCUT2D eigenvalue weighted by Crippen LogP contribution is 2.25. The molecule has 0 saturated carbocycles. The molecule has 9 nitrogen and oxygen atoms in total. The maximum atomic E-state index is 12.7. The summed E-state index contributed by atoms with van der Waals surface area (Å²) in [5.41, 5.74) is 6.44. The smallest absolute Gasteiger partial charge is 0.291 e. The maximum Gasteiger partial charge on any atom is 0.291 e. The first-order valence-corrected chi connectivity index (χ1v) is 8.02. The second-order valence-electron chi connectivity index (χ2n) is 5.73. The van der Waals surface area contributed by atoms with E-state index in [-0.39, 0.29) is 12.2 Å². The lowest BCUT2D eigenvalue weighted by Crippen LogP contribution is -2.47. The Kier molecular flexibility index (Phi) is 5.11. The number of aryl methyl sites for hydroxylation is 1. The molecule has 0 bridgehead atoms. The third-order valence-electron chi connectivity index (χ3n) is 3.84. The second-order valence-corrected chi connectivity index (χ2v) is 5.73. The van der Waals surface area contributed by atoms with Crippen LogP contribution in [0.1, 0.15) is 22.0 Å². The average molecular weight is 368 g/mol. The van der Waals surface area contributed by atoms with Gasteiger partial charge in [0.25, 0.3) is 11.8 Å². The van der Waals surface area contributed by atoms with Crippen LogP contribution in [0.3, 0.4) is 0 Å². The molecule has 1 atom stereocenters. The van der Waals surface area contributed by atoms with Crippen LogP contribution in [0.5, 0.6) is 0 Å². The minimum absolute atomic E-state index is 0.0352. The van der Waals surface area contributed by atoms with E-state index < -0.39 is 23.6 Å². The Morgan fingerprint density at radius 2 is 2.04 bits per heavy atom. The number of nitrogens with two attached hydrogens (primary N) is 1. The first-order chi connectivity index (χ1) is 13.0. The van der Waals surface area contributed by atoms with Crippen molar-refractivity contribution in [3.63, 3.8) is 0 Å². The maximum absolute atomic E-state index is 12.7. The largest absolute Gasteiger partial charge is 0.469 e. The molecule has 138 valence electrons. The zero-order valence-corrected chi connectivity index (χ0v) is 14.3. The normalized spacial score (nSPS) is 11.7. The summed E-state index contributed by atoms with van der Waals surface area (Å²) in [7, 11) is 0. The SMILES string of the molecule is Cc1noc(C(=O)NC(Cc2ccco2)C(=O)C(N)=O)c1-c1ccccn1. The molecule has 0 aromatic carbocycles. The summed E-state index contributed by atoms with van der Waals surface area (Å²) in [5.74, 6) is -2.54. The number of carbonyl (C=O) groups is 3. The molecular formula is C18H16N4O5. The van der Waals surface area contributed by atoms with E-state index in [0.717, 1.165) is 0 Å². The summed E-state index contributed by atoms with van der Waals surface area (Å²) in [6, 6.07) is 7.23. The number of nitrogens with zero attached hydrogens (tertiary/aromatic N) is 2. The van der Waals surface area contributed by atoms with Gasteiger partial charge in [-0.05, 0) is 31.2 Å². The number of amides is 2. The van der Waals surface area contributed by atoms with E-state index >= 15 is 0 Å². The summed E-state index contributed by atoms with van der Waals surface area (Å²) < 4.78 is 10.3. The number of carbonyl (C=O) groups excluding carboxylic acids is 3. The van der Waals surface area contributed by atoms with Gasteiger partial charge in [-0.25, -0.2) is 0 Å². The van der Waals surface area contributed by atoms with Crippen molar-refractivity contribution in [1.29, 1.82) is 0 Å². The van der Waals surface area contributed by atoms with Gasteiger partial charge < -0.3 is 20.0 Å². The van der Waals surface area contributed by atoms with E-state index in [1.807, 2.05) is 0 Å². The molecular weight excluding hydrogens is 352 g/mol. The second kappa shape index (κ2) is 7.65. The molecule has 3 rings (SSSR count). The number of primary amides is 1. The predicted molar refractivity (Wildman–Crippen MR) is 92.3 cm³/mol. The van der Waals surface area contributed by atoms with Crippen molar-refractivity contribution in [1.82, 2.24) is 15.5 Å². The van der Waals surface area contributed by atoms with Gasteiger partial charge in [-0.1, -0.05) is 11.2 Å². The zero-order valence-electron chi connectivity index (χ0n) is 14.3. The van der Waals surface area contributed by atoms with Gasteiger partial charge in [0.1, 0.15) is 11.8 Å². The number of hydrogen-bond acceptors (Lipinski definition) is 7. The van der Waals surface area contributed by atoms with Gasteiger partial charge >= 0.3 is 0 Å². The van der Waals surface area contributed by atoms with Crippen molar-refractivity contribution >= 4 is 17.6 Å². The third-order valence-corrected chi connectivity index (χ3v) is 3.84. The average Bonchev–Trinajstić information content (AvgIpc) is 3.30. The summed E-state index contributed by atoms with van der Waals surface area (Å²) in [4.78, 5) is 40.3. The number of aromatic nitrogens is 2. The molecule has 3 aromatic rings. The topological polar surface area (TPSA) is 141 Å². The number of ketones is 1. The highest BCUT2D eigenvalue weighted by molar-refractivity contribution is 6.38.